The molecular formula is C20H19NO. The number of fused-ring (bicyclic) bond motifs is 4. The molecule has 2 aromatic rings. The van der Waals surface area contributed by atoms with E-state index < -0.39 is 0 Å². The summed E-state index contributed by atoms with van der Waals surface area (Å²) in [6, 6.07) is 17.4. The molecule has 4 rings (SSSR count). The third-order valence-electron chi connectivity index (χ3n) is 5.22. The lowest BCUT2D eigenvalue weighted by Crippen LogP contribution is -2.34. The summed E-state index contributed by atoms with van der Waals surface area (Å²) in [6.45, 7) is 0. The molecule has 0 aliphatic heterocycles. The van der Waals surface area contributed by atoms with Gasteiger partial charge in [0.1, 0.15) is 0 Å². The van der Waals surface area contributed by atoms with Crippen molar-refractivity contribution in [2.75, 3.05) is 0 Å². The molecule has 2 aromatic carbocycles. The summed E-state index contributed by atoms with van der Waals surface area (Å²) in [5, 5.41) is 12.6. The summed E-state index contributed by atoms with van der Waals surface area (Å²) in [6.07, 6.45) is 8.19. The molecule has 2 heteroatoms. The second kappa shape index (κ2) is 5.13. The van der Waals surface area contributed by atoms with Gasteiger partial charge in [0.2, 0.25) is 0 Å². The van der Waals surface area contributed by atoms with Crippen molar-refractivity contribution in [3.8, 4) is 0 Å². The Morgan fingerprint density at radius 3 is 1.77 bits per heavy atom. The Bertz CT molecular complexity index is 711. The van der Waals surface area contributed by atoms with Gasteiger partial charge in [-0.2, -0.15) is 0 Å². The minimum atomic E-state index is 0.0326. The van der Waals surface area contributed by atoms with Crippen molar-refractivity contribution in [1.29, 1.82) is 0 Å². The van der Waals surface area contributed by atoms with Crippen molar-refractivity contribution >= 4 is 17.9 Å². The van der Waals surface area contributed by atoms with Gasteiger partial charge in [0.05, 0.1) is 5.71 Å². The molecule has 0 heterocycles. The Morgan fingerprint density at radius 1 is 0.773 bits per heavy atom. The molecule has 1 spiro atoms. The van der Waals surface area contributed by atoms with Gasteiger partial charge < -0.3 is 5.21 Å². The number of rotatable bonds is 0. The van der Waals surface area contributed by atoms with Crippen LogP contribution in [0.4, 0.5) is 0 Å². The predicted molar refractivity (Wildman–Crippen MR) is 90.3 cm³/mol. The zero-order valence-electron chi connectivity index (χ0n) is 12.5. The summed E-state index contributed by atoms with van der Waals surface area (Å²) in [5.41, 5.74) is 6.40. The first-order valence-electron chi connectivity index (χ1n) is 7.90. The fraction of sp³-hybridized carbons (Fsp3) is 0.250. The lowest BCUT2D eigenvalue weighted by Gasteiger charge is -2.39. The van der Waals surface area contributed by atoms with Gasteiger partial charge in [-0.3, -0.25) is 0 Å². The van der Waals surface area contributed by atoms with Crippen molar-refractivity contribution in [1.82, 2.24) is 0 Å². The van der Waals surface area contributed by atoms with Crippen molar-refractivity contribution in [3.63, 3.8) is 0 Å². The Hall–Kier alpha value is -2.35. The third kappa shape index (κ3) is 1.91. The van der Waals surface area contributed by atoms with Gasteiger partial charge in [0.15, 0.2) is 0 Å². The SMILES string of the molecule is ON=C1CCC2(CC1)c1ccccc1C=Cc1ccccc12. The fourth-order valence-electron chi connectivity index (χ4n) is 4.08. The molecule has 0 aromatic heterocycles. The molecule has 0 bridgehead atoms. The monoisotopic (exact) mass is 289 g/mol. The van der Waals surface area contributed by atoms with Crippen LogP contribution in [-0.2, 0) is 5.41 Å². The number of hydrogen-bond donors (Lipinski definition) is 1. The minimum Gasteiger partial charge on any atom is -0.411 e. The highest BCUT2D eigenvalue weighted by atomic mass is 16.4. The van der Waals surface area contributed by atoms with E-state index in [-0.39, 0.29) is 5.41 Å². The highest BCUT2D eigenvalue weighted by Gasteiger charge is 2.40. The third-order valence-corrected chi connectivity index (χ3v) is 5.22. The van der Waals surface area contributed by atoms with E-state index >= 15 is 0 Å². The zero-order chi connectivity index (χ0) is 15.0. The molecule has 1 saturated carbocycles. The quantitative estimate of drug-likeness (QED) is 0.545. The minimum absolute atomic E-state index is 0.0326. The van der Waals surface area contributed by atoms with Gasteiger partial charge in [-0.25, -0.2) is 0 Å². The van der Waals surface area contributed by atoms with E-state index in [0.717, 1.165) is 31.4 Å². The molecule has 1 fully saturated rings. The van der Waals surface area contributed by atoms with Crippen molar-refractivity contribution in [2.24, 2.45) is 5.16 Å². The average Bonchev–Trinajstić information content (AvgIpc) is 2.73. The fourth-order valence-corrected chi connectivity index (χ4v) is 4.08. The molecule has 22 heavy (non-hydrogen) atoms. The van der Waals surface area contributed by atoms with E-state index in [9.17, 15) is 0 Å². The van der Waals surface area contributed by atoms with E-state index in [2.05, 4.69) is 65.8 Å². The van der Waals surface area contributed by atoms with Crippen molar-refractivity contribution in [3.05, 3.63) is 70.8 Å². The van der Waals surface area contributed by atoms with Gasteiger partial charge >= 0.3 is 0 Å². The first-order chi connectivity index (χ1) is 10.8. The van der Waals surface area contributed by atoms with Gasteiger partial charge in [-0.05, 0) is 47.9 Å². The summed E-state index contributed by atoms with van der Waals surface area (Å²) < 4.78 is 0. The first kappa shape index (κ1) is 13.3. The number of benzene rings is 2. The lowest BCUT2D eigenvalue weighted by molar-refractivity contribution is 0.309. The maximum absolute atomic E-state index is 9.10. The highest BCUT2D eigenvalue weighted by Crippen LogP contribution is 2.48. The molecule has 0 atom stereocenters. The van der Waals surface area contributed by atoms with Crippen LogP contribution in [0.5, 0.6) is 0 Å². The molecule has 110 valence electrons. The van der Waals surface area contributed by atoms with Crippen molar-refractivity contribution < 1.29 is 5.21 Å². The highest BCUT2D eigenvalue weighted by molar-refractivity contribution is 5.86. The molecule has 1 N–H and O–H groups in total. The maximum atomic E-state index is 9.10. The summed E-state index contributed by atoms with van der Waals surface area (Å²) in [4.78, 5) is 0. The Kier molecular flexibility index (Phi) is 3.11. The van der Waals surface area contributed by atoms with Gasteiger partial charge in [0.25, 0.3) is 0 Å². The van der Waals surface area contributed by atoms with Crippen LogP contribution in [0, 0.1) is 0 Å². The van der Waals surface area contributed by atoms with Gasteiger partial charge in [-0.15, -0.1) is 0 Å². The molecule has 0 saturated heterocycles. The maximum Gasteiger partial charge on any atom is 0.0571 e. The molecular weight excluding hydrogens is 270 g/mol. The normalized spacial score (nSPS) is 18.5. The number of oxime groups is 1. The zero-order valence-corrected chi connectivity index (χ0v) is 12.5. The first-order valence-corrected chi connectivity index (χ1v) is 7.90. The van der Waals surface area contributed by atoms with Crippen LogP contribution in [0.15, 0.2) is 53.7 Å². The van der Waals surface area contributed by atoms with Crippen LogP contribution in [0.3, 0.4) is 0 Å². The molecule has 2 aliphatic rings. The van der Waals surface area contributed by atoms with Crippen molar-refractivity contribution in [2.45, 2.75) is 31.1 Å². The van der Waals surface area contributed by atoms with Gasteiger partial charge in [-0.1, -0.05) is 65.8 Å². The van der Waals surface area contributed by atoms with E-state index in [1.54, 1.807) is 0 Å². The van der Waals surface area contributed by atoms with Crippen LogP contribution >= 0.6 is 0 Å². The standard InChI is InChI=1S/C20H19NO/c22-21-17-11-13-20(14-12-17)18-7-3-1-5-15(18)9-10-16-6-2-4-8-19(16)20/h1-10,22H,11-14H2. The van der Waals surface area contributed by atoms with Gasteiger partial charge in [0, 0.05) is 5.41 Å². The number of hydrogen-bond acceptors (Lipinski definition) is 2. The Labute approximate surface area is 130 Å². The van der Waals surface area contributed by atoms with Crippen LogP contribution in [-0.4, -0.2) is 10.9 Å². The van der Waals surface area contributed by atoms with Crippen LogP contribution < -0.4 is 0 Å². The molecule has 0 amide bonds. The Balaban J connectivity index is 1.95. The second-order valence-electron chi connectivity index (χ2n) is 6.26. The summed E-state index contributed by atoms with van der Waals surface area (Å²) in [7, 11) is 0. The van der Waals surface area contributed by atoms with E-state index in [0.29, 0.717) is 0 Å². The van der Waals surface area contributed by atoms with E-state index in [1.807, 2.05) is 0 Å². The van der Waals surface area contributed by atoms with E-state index in [4.69, 9.17) is 5.21 Å². The molecule has 0 unspecified atom stereocenters. The average molecular weight is 289 g/mol. The second-order valence-corrected chi connectivity index (χ2v) is 6.26. The van der Waals surface area contributed by atoms with Crippen LogP contribution in [0.25, 0.3) is 12.2 Å². The van der Waals surface area contributed by atoms with E-state index in [1.165, 1.54) is 22.3 Å². The summed E-state index contributed by atoms with van der Waals surface area (Å²) >= 11 is 0. The topological polar surface area (TPSA) is 32.6 Å². The molecule has 0 radical (unpaired) electrons. The molecule has 2 aliphatic carbocycles. The summed E-state index contributed by atoms with van der Waals surface area (Å²) in [5.74, 6) is 0. The lowest BCUT2D eigenvalue weighted by atomic mass is 9.63. The Morgan fingerprint density at radius 2 is 1.27 bits per heavy atom. The molecule has 2 nitrogen and oxygen atoms in total. The smallest absolute Gasteiger partial charge is 0.0571 e. The van der Waals surface area contributed by atoms with Crippen LogP contribution in [0.2, 0.25) is 0 Å². The number of nitrogens with zero attached hydrogens (tertiary/aromatic N) is 1. The predicted octanol–water partition coefficient (Wildman–Crippen LogP) is 4.86. The van der Waals surface area contributed by atoms with Crippen LogP contribution in [0.1, 0.15) is 47.9 Å². The largest absolute Gasteiger partial charge is 0.411 e.